The molecule has 0 N–H and O–H groups in total. The van der Waals surface area contributed by atoms with E-state index in [1.54, 1.807) is 0 Å². The first-order valence-corrected chi connectivity index (χ1v) is 22.4. The highest BCUT2D eigenvalue weighted by Crippen LogP contribution is 2.16. The lowest BCUT2D eigenvalue weighted by molar-refractivity contribution is -0.167. The maximum absolute atomic E-state index is 12.5. The zero-order valence-corrected chi connectivity index (χ0v) is 34.6. The Balaban J connectivity index is 3.98. The minimum Gasteiger partial charge on any atom is -0.462 e. The Morgan fingerprint density at radius 1 is 0.373 bits per heavy atom. The molecule has 0 aromatic carbocycles. The molecule has 0 unspecified atom stereocenters. The van der Waals surface area contributed by atoms with Crippen LogP contribution in [0.15, 0.2) is 0 Å². The second kappa shape index (κ2) is 39.6. The Bertz CT molecular complexity index is 766. The topological polar surface area (TPSA) is 78.9 Å². The van der Waals surface area contributed by atoms with Crippen LogP contribution in [0.3, 0.4) is 0 Å². The molecule has 0 spiro atoms. The van der Waals surface area contributed by atoms with Gasteiger partial charge in [0.1, 0.15) is 13.2 Å². The predicted molar refractivity (Wildman–Crippen MR) is 215 cm³/mol. The van der Waals surface area contributed by atoms with Crippen LogP contribution in [0.4, 0.5) is 0 Å². The number of unbranched alkanes of at least 4 members (excludes halogenated alkanes) is 27. The lowest BCUT2D eigenvalue weighted by Gasteiger charge is -2.18. The standard InChI is InChI=1S/C45H86O6/c1-5-7-9-11-24-30-34-38-45(48)51-42(39-49-43(46)36-32-27-10-8-6-2)40-50-44(47)37-33-29-26-23-21-19-17-15-13-12-14-16-18-20-22-25-28-31-35-41(3)4/h41-42H,5-40H2,1-4H3/t42-/m1/s1. The summed E-state index contributed by atoms with van der Waals surface area (Å²) >= 11 is 0. The van der Waals surface area contributed by atoms with Crippen molar-refractivity contribution in [3.63, 3.8) is 0 Å². The average Bonchev–Trinajstić information content (AvgIpc) is 3.11. The van der Waals surface area contributed by atoms with E-state index in [2.05, 4.69) is 27.7 Å². The van der Waals surface area contributed by atoms with Gasteiger partial charge in [0.25, 0.3) is 0 Å². The minimum atomic E-state index is -0.755. The molecule has 51 heavy (non-hydrogen) atoms. The third-order valence-electron chi connectivity index (χ3n) is 10.0. The second-order valence-corrected chi connectivity index (χ2v) is 15.8. The number of carbonyl (C=O) groups is 3. The molecule has 1 atom stereocenters. The van der Waals surface area contributed by atoms with E-state index in [0.29, 0.717) is 19.3 Å². The van der Waals surface area contributed by atoms with Crippen LogP contribution in [0.25, 0.3) is 0 Å². The molecule has 0 aromatic rings. The van der Waals surface area contributed by atoms with E-state index < -0.39 is 6.10 Å². The van der Waals surface area contributed by atoms with E-state index in [-0.39, 0.29) is 31.1 Å². The van der Waals surface area contributed by atoms with Gasteiger partial charge in [0.05, 0.1) is 0 Å². The van der Waals surface area contributed by atoms with Crippen LogP contribution in [0.5, 0.6) is 0 Å². The van der Waals surface area contributed by atoms with Crippen molar-refractivity contribution in [2.75, 3.05) is 13.2 Å². The van der Waals surface area contributed by atoms with Crippen molar-refractivity contribution in [3.8, 4) is 0 Å². The molecule has 0 saturated carbocycles. The quantitative estimate of drug-likeness (QED) is 0.0356. The van der Waals surface area contributed by atoms with Gasteiger partial charge in [-0.3, -0.25) is 14.4 Å². The normalized spacial score (nSPS) is 11.9. The fraction of sp³-hybridized carbons (Fsp3) is 0.933. The molecule has 0 aliphatic heterocycles. The summed E-state index contributed by atoms with van der Waals surface area (Å²) < 4.78 is 16.5. The highest BCUT2D eigenvalue weighted by Gasteiger charge is 2.19. The molecule has 0 aromatic heterocycles. The van der Waals surface area contributed by atoms with Gasteiger partial charge in [-0.05, 0) is 25.2 Å². The molecule has 6 heteroatoms. The van der Waals surface area contributed by atoms with Gasteiger partial charge in [0.2, 0.25) is 0 Å². The van der Waals surface area contributed by atoms with Gasteiger partial charge in [-0.25, -0.2) is 0 Å². The third-order valence-corrected chi connectivity index (χ3v) is 10.0. The van der Waals surface area contributed by atoms with E-state index >= 15 is 0 Å². The number of rotatable bonds is 40. The first-order chi connectivity index (χ1) is 24.9. The van der Waals surface area contributed by atoms with Gasteiger partial charge >= 0.3 is 17.9 Å². The van der Waals surface area contributed by atoms with Crippen LogP contribution in [0, 0.1) is 5.92 Å². The average molecular weight is 723 g/mol. The molecule has 302 valence electrons. The highest BCUT2D eigenvalue weighted by atomic mass is 16.6. The summed E-state index contributed by atoms with van der Waals surface area (Å²) in [6.45, 7) is 8.89. The molecule has 0 rings (SSSR count). The molecule has 6 nitrogen and oxygen atoms in total. The van der Waals surface area contributed by atoms with E-state index in [1.165, 1.54) is 135 Å². The van der Waals surface area contributed by atoms with Crippen molar-refractivity contribution in [1.29, 1.82) is 0 Å². The van der Waals surface area contributed by atoms with E-state index in [0.717, 1.165) is 70.1 Å². The van der Waals surface area contributed by atoms with E-state index in [9.17, 15) is 14.4 Å². The maximum Gasteiger partial charge on any atom is 0.306 e. The largest absolute Gasteiger partial charge is 0.462 e. The van der Waals surface area contributed by atoms with Crippen molar-refractivity contribution in [3.05, 3.63) is 0 Å². The summed E-state index contributed by atoms with van der Waals surface area (Å²) in [6.07, 6.45) is 38.5. The Morgan fingerprint density at radius 3 is 0.961 bits per heavy atom. The van der Waals surface area contributed by atoms with Crippen LogP contribution in [-0.2, 0) is 28.6 Å². The van der Waals surface area contributed by atoms with Crippen LogP contribution in [-0.4, -0.2) is 37.2 Å². The highest BCUT2D eigenvalue weighted by molar-refractivity contribution is 5.71. The molecule has 0 radical (unpaired) electrons. The van der Waals surface area contributed by atoms with Crippen LogP contribution in [0.2, 0.25) is 0 Å². The molecule has 0 fully saturated rings. The summed E-state index contributed by atoms with van der Waals surface area (Å²) in [6, 6.07) is 0. The van der Waals surface area contributed by atoms with Gasteiger partial charge < -0.3 is 14.2 Å². The molecule has 0 heterocycles. The van der Waals surface area contributed by atoms with Crippen molar-refractivity contribution in [1.82, 2.24) is 0 Å². The van der Waals surface area contributed by atoms with Gasteiger partial charge in [0.15, 0.2) is 6.10 Å². The summed E-state index contributed by atoms with van der Waals surface area (Å²) in [4.78, 5) is 37.2. The predicted octanol–water partition coefficient (Wildman–Crippen LogP) is 13.9. The second-order valence-electron chi connectivity index (χ2n) is 15.8. The number of ether oxygens (including phenoxy) is 3. The van der Waals surface area contributed by atoms with Crippen LogP contribution >= 0.6 is 0 Å². The fourth-order valence-corrected chi connectivity index (χ4v) is 6.63. The lowest BCUT2D eigenvalue weighted by atomic mass is 10.0. The Morgan fingerprint density at radius 2 is 0.647 bits per heavy atom. The van der Waals surface area contributed by atoms with Gasteiger partial charge in [0, 0.05) is 19.3 Å². The lowest BCUT2D eigenvalue weighted by Crippen LogP contribution is -2.30. The van der Waals surface area contributed by atoms with Crippen molar-refractivity contribution in [2.45, 2.75) is 252 Å². The molecular formula is C45H86O6. The number of carbonyl (C=O) groups excluding carboxylic acids is 3. The first kappa shape index (κ1) is 49.4. The number of hydrogen-bond acceptors (Lipinski definition) is 6. The first-order valence-electron chi connectivity index (χ1n) is 22.4. The smallest absolute Gasteiger partial charge is 0.306 e. The fourth-order valence-electron chi connectivity index (χ4n) is 6.63. The van der Waals surface area contributed by atoms with Crippen molar-refractivity contribution < 1.29 is 28.6 Å². The van der Waals surface area contributed by atoms with Crippen LogP contribution in [0.1, 0.15) is 246 Å². The van der Waals surface area contributed by atoms with Gasteiger partial charge in [-0.2, -0.15) is 0 Å². The summed E-state index contributed by atoms with van der Waals surface area (Å²) in [5.74, 6) is -0.0183. The molecule has 0 aliphatic carbocycles. The number of esters is 3. The maximum atomic E-state index is 12.5. The van der Waals surface area contributed by atoms with Gasteiger partial charge in [-0.1, -0.05) is 207 Å². The summed E-state index contributed by atoms with van der Waals surface area (Å²) in [5.41, 5.74) is 0. The molecular weight excluding hydrogens is 636 g/mol. The van der Waals surface area contributed by atoms with Crippen molar-refractivity contribution >= 4 is 17.9 Å². The SMILES string of the molecule is CCCCCCCCCC(=O)O[C@H](COC(=O)CCCCCCC)COC(=O)CCCCCCCCCCCCCCCCCCCCC(C)C. The van der Waals surface area contributed by atoms with E-state index in [1.807, 2.05) is 0 Å². The van der Waals surface area contributed by atoms with Crippen LogP contribution < -0.4 is 0 Å². The summed E-state index contributed by atoms with van der Waals surface area (Å²) in [7, 11) is 0. The third kappa shape index (κ3) is 39.5. The molecule has 0 bridgehead atoms. The molecule has 0 amide bonds. The Hall–Kier alpha value is -1.59. The minimum absolute atomic E-state index is 0.0654. The summed E-state index contributed by atoms with van der Waals surface area (Å²) in [5, 5.41) is 0. The molecule has 0 saturated heterocycles. The Labute approximate surface area is 317 Å². The molecule has 0 aliphatic rings. The number of hydrogen-bond donors (Lipinski definition) is 0. The van der Waals surface area contributed by atoms with Gasteiger partial charge in [-0.15, -0.1) is 0 Å². The zero-order chi connectivity index (χ0) is 37.5. The van der Waals surface area contributed by atoms with Crippen molar-refractivity contribution in [2.24, 2.45) is 5.92 Å². The van der Waals surface area contributed by atoms with E-state index in [4.69, 9.17) is 14.2 Å². The monoisotopic (exact) mass is 723 g/mol. The Kier molecular flexibility index (Phi) is 38.4. The zero-order valence-electron chi connectivity index (χ0n) is 34.6.